The molecule has 0 aliphatic heterocycles. The summed E-state index contributed by atoms with van der Waals surface area (Å²) in [6.45, 7) is 4.61. The van der Waals surface area contributed by atoms with Crippen molar-refractivity contribution in [1.29, 1.82) is 0 Å². The Hall–Kier alpha value is -2.09. The minimum Gasteiger partial charge on any atom is -0.337 e. The van der Waals surface area contributed by atoms with E-state index in [0.717, 1.165) is 22.3 Å². The van der Waals surface area contributed by atoms with Gasteiger partial charge in [0.2, 0.25) is 0 Å². The molecule has 0 saturated carbocycles. The zero-order valence-corrected chi connectivity index (χ0v) is 11.7. The van der Waals surface area contributed by atoms with Crippen LogP contribution in [0.5, 0.6) is 0 Å². The molecule has 0 spiro atoms. The number of rotatable bonds is 3. The summed E-state index contributed by atoms with van der Waals surface area (Å²) in [6.07, 6.45) is 0. The molecular weight excluding hydrogens is 234 g/mol. The fourth-order valence-electron chi connectivity index (χ4n) is 2.10. The smallest absolute Gasteiger partial charge is 0.254 e. The van der Waals surface area contributed by atoms with E-state index in [2.05, 4.69) is 0 Å². The van der Waals surface area contributed by atoms with E-state index in [1.54, 1.807) is 4.90 Å². The molecule has 2 aromatic carbocycles. The summed E-state index contributed by atoms with van der Waals surface area (Å²) in [5.41, 5.74) is 4.07. The summed E-state index contributed by atoms with van der Waals surface area (Å²) in [5.74, 6) is 0.0741. The maximum Gasteiger partial charge on any atom is 0.254 e. The second-order valence-electron chi connectivity index (χ2n) is 4.97. The lowest BCUT2D eigenvalue weighted by atomic mass is 10.0. The fourth-order valence-corrected chi connectivity index (χ4v) is 2.10. The molecule has 98 valence electrons. The number of benzene rings is 2. The summed E-state index contributed by atoms with van der Waals surface area (Å²) < 4.78 is 0. The number of nitrogens with zero attached hydrogens (tertiary/aromatic N) is 1. The maximum absolute atomic E-state index is 12.4. The van der Waals surface area contributed by atoms with Gasteiger partial charge in [0.1, 0.15) is 0 Å². The van der Waals surface area contributed by atoms with Crippen LogP contribution in [0.25, 0.3) is 0 Å². The summed E-state index contributed by atoms with van der Waals surface area (Å²) >= 11 is 0. The van der Waals surface area contributed by atoms with Crippen molar-refractivity contribution in [3.63, 3.8) is 0 Å². The third-order valence-electron chi connectivity index (χ3n) is 3.23. The van der Waals surface area contributed by atoms with Gasteiger partial charge in [-0.15, -0.1) is 0 Å². The Morgan fingerprint density at radius 1 is 1.05 bits per heavy atom. The molecule has 19 heavy (non-hydrogen) atoms. The van der Waals surface area contributed by atoms with Gasteiger partial charge in [0.05, 0.1) is 0 Å². The zero-order chi connectivity index (χ0) is 13.8. The maximum atomic E-state index is 12.4. The van der Waals surface area contributed by atoms with Gasteiger partial charge in [0.25, 0.3) is 5.91 Å². The van der Waals surface area contributed by atoms with Crippen LogP contribution in [-0.4, -0.2) is 17.9 Å². The molecule has 2 nitrogen and oxygen atoms in total. The average Bonchev–Trinajstić information content (AvgIpc) is 2.42. The Balaban J connectivity index is 2.17. The van der Waals surface area contributed by atoms with Gasteiger partial charge < -0.3 is 4.90 Å². The molecule has 0 aliphatic carbocycles. The molecule has 1 amide bonds. The van der Waals surface area contributed by atoms with Crippen LogP contribution >= 0.6 is 0 Å². The number of hydrogen-bond donors (Lipinski definition) is 0. The lowest BCUT2D eigenvalue weighted by Gasteiger charge is -2.18. The van der Waals surface area contributed by atoms with Crippen molar-refractivity contribution < 1.29 is 4.79 Å². The molecule has 2 rings (SSSR count). The van der Waals surface area contributed by atoms with Gasteiger partial charge in [-0.1, -0.05) is 48.0 Å². The zero-order valence-electron chi connectivity index (χ0n) is 11.7. The number of amides is 1. The first-order valence-corrected chi connectivity index (χ1v) is 6.44. The molecule has 0 aliphatic rings. The number of hydrogen-bond acceptors (Lipinski definition) is 1. The second-order valence-corrected chi connectivity index (χ2v) is 4.97. The Kier molecular flexibility index (Phi) is 4.00. The van der Waals surface area contributed by atoms with Crippen LogP contribution in [-0.2, 0) is 6.54 Å². The van der Waals surface area contributed by atoms with Gasteiger partial charge in [0.15, 0.2) is 0 Å². The summed E-state index contributed by atoms with van der Waals surface area (Å²) in [7, 11) is 1.84. The highest BCUT2D eigenvalue weighted by atomic mass is 16.2. The van der Waals surface area contributed by atoms with E-state index in [9.17, 15) is 4.79 Å². The van der Waals surface area contributed by atoms with Crippen LogP contribution in [0.15, 0.2) is 48.5 Å². The lowest BCUT2D eigenvalue weighted by molar-refractivity contribution is 0.0784. The predicted octanol–water partition coefficient (Wildman–Crippen LogP) is 3.58. The molecule has 0 fully saturated rings. The first kappa shape index (κ1) is 13.3. The van der Waals surface area contributed by atoms with E-state index in [0.29, 0.717) is 6.54 Å². The Labute approximate surface area is 114 Å². The molecule has 0 heterocycles. The van der Waals surface area contributed by atoms with E-state index in [1.165, 1.54) is 0 Å². The van der Waals surface area contributed by atoms with E-state index in [4.69, 9.17) is 0 Å². The lowest BCUT2D eigenvalue weighted by Crippen LogP contribution is -2.26. The highest BCUT2D eigenvalue weighted by Crippen LogP contribution is 2.14. The van der Waals surface area contributed by atoms with Crippen LogP contribution in [0.3, 0.4) is 0 Å². The minimum absolute atomic E-state index is 0.0741. The van der Waals surface area contributed by atoms with Crippen molar-refractivity contribution in [2.24, 2.45) is 0 Å². The number of carbonyl (C=O) groups is 1. The molecule has 0 saturated heterocycles. The first-order valence-electron chi connectivity index (χ1n) is 6.44. The van der Waals surface area contributed by atoms with Crippen molar-refractivity contribution in [3.05, 3.63) is 70.8 Å². The molecule has 0 atom stereocenters. The van der Waals surface area contributed by atoms with E-state index in [-0.39, 0.29) is 5.91 Å². The largest absolute Gasteiger partial charge is 0.337 e. The third-order valence-corrected chi connectivity index (χ3v) is 3.23. The topological polar surface area (TPSA) is 20.3 Å². The standard InChI is InChI=1S/C17H19NO/c1-13-9-10-14(2)16(11-13)17(19)18(3)12-15-7-5-4-6-8-15/h4-11H,12H2,1-3H3. The van der Waals surface area contributed by atoms with E-state index in [1.807, 2.05) is 69.4 Å². The van der Waals surface area contributed by atoms with Crippen molar-refractivity contribution in [2.75, 3.05) is 7.05 Å². The molecule has 0 bridgehead atoms. The Morgan fingerprint density at radius 2 is 1.74 bits per heavy atom. The van der Waals surface area contributed by atoms with Crippen LogP contribution in [0.1, 0.15) is 27.0 Å². The van der Waals surface area contributed by atoms with Gasteiger partial charge in [0, 0.05) is 19.2 Å². The molecule has 0 radical (unpaired) electrons. The number of carbonyl (C=O) groups excluding carboxylic acids is 1. The normalized spacial score (nSPS) is 10.3. The fraction of sp³-hybridized carbons (Fsp3) is 0.235. The first-order chi connectivity index (χ1) is 9.08. The quantitative estimate of drug-likeness (QED) is 0.818. The summed E-state index contributed by atoms with van der Waals surface area (Å²) in [6, 6.07) is 16.0. The molecule has 2 heteroatoms. The summed E-state index contributed by atoms with van der Waals surface area (Å²) in [5, 5.41) is 0. The van der Waals surface area contributed by atoms with Crippen LogP contribution in [0, 0.1) is 13.8 Å². The van der Waals surface area contributed by atoms with Gasteiger partial charge in [-0.2, -0.15) is 0 Å². The van der Waals surface area contributed by atoms with Crippen LogP contribution in [0.4, 0.5) is 0 Å². The Bertz CT molecular complexity index is 575. The molecule has 0 aromatic heterocycles. The predicted molar refractivity (Wildman–Crippen MR) is 78.2 cm³/mol. The third kappa shape index (κ3) is 3.22. The number of aryl methyl sites for hydroxylation is 2. The molecule has 0 N–H and O–H groups in total. The van der Waals surface area contributed by atoms with Crippen LogP contribution < -0.4 is 0 Å². The summed E-state index contributed by atoms with van der Waals surface area (Å²) in [4.78, 5) is 14.2. The van der Waals surface area contributed by atoms with Gasteiger partial charge in [-0.25, -0.2) is 0 Å². The van der Waals surface area contributed by atoms with Gasteiger partial charge in [-0.3, -0.25) is 4.79 Å². The Morgan fingerprint density at radius 3 is 2.42 bits per heavy atom. The SMILES string of the molecule is Cc1ccc(C)c(C(=O)N(C)Cc2ccccc2)c1. The van der Waals surface area contributed by atoms with E-state index >= 15 is 0 Å². The average molecular weight is 253 g/mol. The van der Waals surface area contributed by atoms with Gasteiger partial charge >= 0.3 is 0 Å². The highest BCUT2D eigenvalue weighted by Gasteiger charge is 2.14. The molecule has 0 unspecified atom stereocenters. The van der Waals surface area contributed by atoms with Crippen molar-refractivity contribution in [1.82, 2.24) is 4.90 Å². The highest BCUT2D eigenvalue weighted by molar-refractivity contribution is 5.95. The monoisotopic (exact) mass is 253 g/mol. The van der Waals surface area contributed by atoms with Crippen molar-refractivity contribution >= 4 is 5.91 Å². The van der Waals surface area contributed by atoms with Crippen molar-refractivity contribution in [3.8, 4) is 0 Å². The van der Waals surface area contributed by atoms with Gasteiger partial charge in [-0.05, 0) is 31.0 Å². The minimum atomic E-state index is 0.0741. The van der Waals surface area contributed by atoms with E-state index < -0.39 is 0 Å². The molecular formula is C17H19NO. The van der Waals surface area contributed by atoms with Crippen molar-refractivity contribution in [2.45, 2.75) is 20.4 Å². The second kappa shape index (κ2) is 5.70. The molecule has 2 aromatic rings. The van der Waals surface area contributed by atoms with Crippen LogP contribution in [0.2, 0.25) is 0 Å².